The standard InChI is InChI=1S/C9H16O4/c1-7(10)13-9(8-3-4-8)12-6-5-11-2/h7,10H,3-6H2,1-2H3. The summed E-state index contributed by atoms with van der Waals surface area (Å²) >= 11 is 0. The number of aliphatic hydroxyl groups is 1. The molecular formula is C9H16O4. The highest BCUT2D eigenvalue weighted by Gasteiger charge is 2.21. The van der Waals surface area contributed by atoms with E-state index in [0.29, 0.717) is 19.2 Å². The number of ether oxygens (including phenoxy) is 3. The molecule has 1 saturated carbocycles. The molecule has 1 fully saturated rings. The topological polar surface area (TPSA) is 47.9 Å². The van der Waals surface area contributed by atoms with Gasteiger partial charge in [0.05, 0.1) is 6.61 Å². The molecule has 13 heavy (non-hydrogen) atoms. The molecule has 1 aliphatic rings. The van der Waals surface area contributed by atoms with Crippen molar-refractivity contribution in [1.82, 2.24) is 0 Å². The predicted molar refractivity (Wildman–Crippen MR) is 46.9 cm³/mol. The fourth-order valence-electron chi connectivity index (χ4n) is 0.859. The molecule has 1 rings (SSSR count). The van der Waals surface area contributed by atoms with Gasteiger partial charge in [0.1, 0.15) is 6.61 Å². The Morgan fingerprint density at radius 2 is 2.15 bits per heavy atom. The zero-order chi connectivity index (χ0) is 9.68. The zero-order valence-corrected chi connectivity index (χ0v) is 8.08. The molecular weight excluding hydrogens is 172 g/mol. The first-order chi connectivity index (χ1) is 6.24. The van der Waals surface area contributed by atoms with Crippen molar-refractivity contribution in [2.75, 3.05) is 20.3 Å². The van der Waals surface area contributed by atoms with Crippen molar-refractivity contribution in [2.45, 2.75) is 26.1 Å². The van der Waals surface area contributed by atoms with Crippen LogP contribution in [-0.2, 0) is 14.2 Å². The molecule has 4 nitrogen and oxygen atoms in total. The summed E-state index contributed by atoms with van der Waals surface area (Å²) in [6, 6.07) is 0. The molecule has 76 valence electrons. The van der Waals surface area contributed by atoms with Gasteiger partial charge in [0.15, 0.2) is 6.29 Å². The lowest BCUT2D eigenvalue weighted by Crippen LogP contribution is -2.11. The third-order valence-electron chi connectivity index (χ3n) is 1.59. The van der Waals surface area contributed by atoms with Crippen LogP contribution in [0, 0.1) is 0 Å². The largest absolute Gasteiger partial charge is 0.463 e. The van der Waals surface area contributed by atoms with E-state index in [0.717, 1.165) is 18.4 Å². The molecule has 0 saturated heterocycles. The first-order valence-corrected chi connectivity index (χ1v) is 4.42. The number of methoxy groups -OCH3 is 1. The summed E-state index contributed by atoms with van der Waals surface area (Å²) in [5.41, 5.74) is 1.14. The monoisotopic (exact) mass is 188 g/mol. The van der Waals surface area contributed by atoms with E-state index < -0.39 is 6.29 Å². The van der Waals surface area contributed by atoms with Crippen LogP contribution < -0.4 is 0 Å². The Kier molecular flexibility index (Phi) is 4.05. The number of allylic oxidation sites excluding steroid dienone is 1. The van der Waals surface area contributed by atoms with E-state index in [4.69, 9.17) is 19.3 Å². The molecule has 0 aromatic carbocycles. The lowest BCUT2D eigenvalue weighted by atomic mass is 10.6. The fourth-order valence-corrected chi connectivity index (χ4v) is 0.859. The maximum atomic E-state index is 8.99. The SMILES string of the molecule is COCCOC(OC(C)O)=C1CC1. The lowest BCUT2D eigenvalue weighted by Gasteiger charge is -2.13. The van der Waals surface area contributed by atoms with Gasteiger partial charge >= 0.3 is 0 Å². The molecule has 0 bridgehead atoms. The van der Waals surface area contributed by atoms with Crippen LogP contribution in [0.4, 0.5) is 0 Å². The van der Waals surface area contributed by atoms with Gasteiger partial charge in [-0.05, 0) is 19.8 Å². The Morgan fingerprint density at radius 1 is 1.46 bits per heavy atom. The Hall–Kier alpha value is -0.740. The number of hydrogen-bond donors (Lipinski definition) is 1. The molecule has 0 aliphatic heterocycles. The summed E-state index contributed by atoms with van der Waals surface area (Å²) < 4.78 is 15.2. The van der Waals surface area contributed by atoms with Crippen LogP contribution in [0.3, 0.4) is 0 Å². The summed E-state index contributed by atoms with van der Waals surface area (Å²) in [5.74, 6) is 0.479. The van der Waals surface area contributed by atoms with Crippen molar-refractivity contribution < 1.29 is 19.3 Å². The van der Waals surface area contributed by atoms with Gasteiger partial charge in [-0.2, -0.15) is 0 Å². The highest BCUT2D eigenvalue weighted by Crippen LogP contribution is 2.32. The highest BCUT2D eigenvalue weighted by atomic mass is 16.7. The minimum atomic E-state index is -0.814. The van der Waals surface area contributed by atoms with Crippen molar-refractivity contribution in [1.29, 1.82) is 0 Å². The molecule has 1 N–H and O–H groups in total. The summed E-state index contributed by atoms with van der Waals surface area (Å²) in [6.07, 6.45) is 1.20. The molecule has 4 heteroatoms. The first kappa shape index (κ1) is 10.3. The normalized spacial score (nSPS) is 16.7. The van der Waals surface area contributed by atoms with E-state index in [1.54, 1.807) is 14.0 Å². The van der Waals surface area contributed by atoms with Crippen LogP contribution in [0.5, 0.6) is 0 Å². The highest BCUT2D eigenvalue weighted by molar-refractivity contribution is 5.17. The van der Waals surface area contributed by atoms with Gasteiger partial charge < -0.3 is 19.3 Å². The van der Waals surface area contributed by atoms with E-state index in [-0.39, 0.29) is 0 Å². The lowest BCUT2D eigenvalue weighted by molar-refractivity contribution is -0.107. The summed E-state index contributed by atoms with van der Waals surface area (Å²) in [5, 5.41) is 8.99. The second kappa shape index (κ2) is 5.09. The maximum Gasteiger partial charge on any atom is 0.280 e. The average molecular weight is 188 g/mol. The summed E-state index contributed by atoms with van der Waals surface area (Å²) in [6.45, 7) is 2.55. The molecule has 1 aliphatic carbocycles. The van der Waals surface area contributed by atoms with Crippen molar-refractivity contribution in [3.8, 4) is 0 Å². The van der Waals surface area contributed by atoms with E-state index in [1.165, 1.54) is 0 Å². The van der Waals surface area contributed by atoms with Crippen molar-refractivity contribution >= 4 is 0 Å². The van der Waals surface area contributed by atoms with Gasteiger partial charge in [0.25, 0.3) is 5.95 Å². The third-order valence-corrected chi connectivity index (χ3v) is 1.59. The molecule has 0 aromatic rings. The van der Waals surface area contributed by atoms with Crippen LogP contribution in [0.1, 0.15) is 19.8 Å². The average Bonchev–Trinajstić information content (AvgIpc) is 2.84. The van der Waals surface area contributed by atoms with Crippen molar-refractivity contribution in [3.63, 3.8) is 0 Å². The molecule has 0 heterocycles. The molecule has 0 radical (unpaired) electrons. The Bertz CT molecular complexity index is 180. The fraction of sp³-hybridized carbons (Fsp3) is 0.778. The van der Waals surface area contributed by atoms with E-state index in [1.807, 2.05) is 0 Å². The van der Waals surface area contributed by atoms with Crippen molar-refractivity contribution in [2.24, 2.45) is 0 Å². The van der Waals surface area contributed by atoms with Crippen molar-refractivity contribution in [3.05, 3.63) is 11.5 Å². The zero-order valence-electron chi connectivity index (χ0n) is 8.08. The smallest absolute Gasteiger partial charge is 0.280 e. The Morgan fingerprint density at radius 3 is 2.62 bits per heavy atom. The molecule has 0 aromatic heterocycles. The quantitative estimate of drug-likeness (QED) is 0.384. The van der Waals surface area contributed by atoms with Gasteiger partial charge in [-0.15, -0.1) is 0 Å². The summed E-state index contributed by atoms with van der Waals surface area (Å²) in [7, 11) is 1.61. The van der Waals surface area contributed by atoms with Gasteiger partial charge in [-0.3, -0.25) is 0 Å². The van der Waals surface area contributed by atoms with Gasteiger partial charge in [-0.1, -0.05) is 0 Å². The third kappa shape index (κ3) is 4.15. The summed E-state index contributed by atoms with van der Waals surface area (Å²) in [4.78, 5) is 0. The predicted octanol–water partition coefficient (Wildman–Crippen LogP) is 1.01. The van der Waals surface area contributed by atoms with Gasteiger partial charge in [0.2, 0.25) is 0 Å². The Balaban J connectivity index is 2.28. The minimum Gasteiger partial charge on any atom is -0.463 e. The second-order valence-electron chi connectivity index (χ2n) is 2.95. The van der Waals surface area contributed by atoms with E-state index in [9.17, 15) is 0 Å². The van der Waals surface area contributed by atoms with E-state index >= 15 is 0 Å². The molecule has 0 spiro atoms. The molecule has 1 unspecified atom stereocenters. The number of hydrogen-bond acceptors (Lipinski definition) is 4. The second-order valence-corrected chi connectivity index (χ2v) is 2.95. The minimum absolute atomic E-state index is 0.460. The first-order valence-electron chi connectivity index (χ1n) is 4.42. The molecule has 1 atom stereocenters. The van der Waals surface area contributed by atoms with Crippen LogP contribution in [-0.4, -0.2) is 31.7 Å². The van der Waals surface area contributed by atoms with Gasteiger partial charge in [-0.25, -0.2) is 0 Å². The van der Waals surface area contributed by atoms with Crippen LogP contribution in [0.2, 0.25) is 0 Å². The molecule has 0 amide bonds. The van der Waals surface area contributed by atoms with E-state index in [2.05, 4.69) is 0 Å². The number of aliphatic hydroxyl groups excluding tert-OH is 1. The van der Waals surface area contributed by atoms with Crippen LogP contribution >= 0.6 is 0 Å². The van der Waals surface area contributed by atoms with Crippen LogP contribution in [0.25, 0.3) is 0 Å². The van der Waals surface area contributed by atoms with Gasteiger partial charge in [0, 0.05) is 12.7 Å². The number of rotatable bonds is 6. The van der Waals surface area contributed by atoms with Crippen LogP contribution in [0.15, 0.2) is 11.5 Å². The maximum absolute atomic E-state index is 8.99. The Labute approximate surface area is 78.1 Å².